The van der Waals surface area contributed by atoms with E-state index in [4.69, 9.17) is 0 Å². The summed E-state index contributed by atoms with van der Waals surface area (Å²) in [7, 11) is 0. The zero-order chi connectivity index (χ0) is 10.6. The molecule has 0 spiro atoms. The second-order valence-electron chi connectivity index (χ2n) is 4.50. The predicted molar refractivity (Wildman–Crippen MR) is 56.9 cm³/mol. The SMILES string of the molecule is CC(/C=C/C=O)[C@H]1CC[C@H](C)[C@H](O)C1. The van der Waals surface area contributed by atoms with Crippen LogP contribution in [0.15, 0.2) is 12.2 Å². The minimum absolute atomic E-state index is 0.152. The van der Waals surface area contributed by atoms with Gasteiger partial charge in [-0.1, -0.05) is 19.9 Å². The molecule has 1 unspecified atom stereocenters. The summed E-state index contributed by atoms with van der Waals surface area (Å²) in [4.78, 5) is 10.2. The van der Waals surface area contributed by atoms with Crippen molar-refractivity contribution in [3.05, 3.63) is 12.2 Å². The third kappa shape index (κ3) is 2.95. The van der Waals surface area contributed by atoms with Crippen molar-refractivity contribution in [3.63, 3.8) is 0 Å². The molecule has 0 amide bonds. The number of allylic oxidation sites excluding steroid dienone is 2. The molecule has 2 nitrogen and oxygen atoms in total. The first kappa shape index (κ1) is 11.4. The van der Waals surface area contributed by atoms with Crippen molar-refractivity contribution in [1.29, 1.82) is 0 Å². The molecule has 1 saturated carbocycles. The van der Waals surface area contributed by atoms with E-state index in [0.717, 1.165) is 19.1 Å². The highest BCUT2D eigenvalue weighted by Crippen LogP contribution is 2.33. The van der Waals surface area contributed by atoms with Crippen molar-refractivity contribution in [2.45, 2.75) is 39.2 Å². The van der Waals surface area contributed by atoms with E-state index in [2.05, 4.69) is 13.8 Å². The summed E-state index contributed by atoms with van der Waals surface area (Å²) in [6.07, 6.45) is 7.33. The van der Waals surface area contributed by atoms with Crippen molar-refractivity contribution >= 4 is 6.29 Å². The summed E-state index contributed by atoms with van der Waals surface area (Å²) >= 11 is 0. The van der Waals surface area contributed by atoms with E-state index in [9.17, 15) is 9.90 Å². The Bertz CT molecular complexity index is 210. The van der Waals surface area contributed by atoms with Crippen LogP contribution < -0.4 is 0 Å². The lowest BCUT2D eigenvalue weighted by atomic mass is 9.75. The lowest BCUT2D eigenvalue weighted by molar-refractivity contribution is -0.104. The van der Waals surface area contributed by atoms with Crippen LogP contribution in [0.5, 0.6) is 0 Å². The Balaban J connectivity index is 2.45. The van der Waals surface area contributed by atoms with Crippen LogP contribution in [-0.4, -0.2) is 17.5 Å². The Kier molecular flexibility index (Phi) is 4.33. The van der Waals surface area contributed by atoms with Crippen molar-refractivity contribution in [1.82, 2.24) is 0 Å². The average molecular weight is 196 g/mol. The smallest absolute Gasteiger partial charge is 0.142 e. The Morgan fingerprint density at radius 1 is 1.43 bits per heavy atom. The molecule has 4 atom stereocenters. The Morgan fingerprint density at radius 2 is 2.14 bits per heavy atom. The zero-order valence-electron chi connectivity index (χ0n) is 9.02. The van der Waals surface area contributed by atoms with E-state index in [0.29, 0.717) is 17.8 Å². The maximum absolute atomic E-state index is 10.2. The molecule has 1 aliphatic rings. The summed E-state index contributed by atoms with van der Waals surface area (Å²) in [5.41, 5.74) is 0. The highest BCUT2D eigenvalue weighted by molar-refractivity contribution is 5.64. The number of aliphatic hydroxyl groups is 1. The molecule has 0 aromatic carbocycles. The van der Waals surface area contributed by atoms with Gasteiger partial charge >= 0.3 is 0 Å². The second-order valence-corrected chi connectivity index (χ2v) is 4.50. The molecule has 2 heteroatoms. The van der Waals surface area contributed by atoms with E-state index in [1.54, 1.807) is 6.08 Å². The number of aldehydes is 1. The van der Waals surface area contributed by atoms with E-state index >= 15 is 0 Å². The lowest BCUT2D eigenvalue weighted by Gasteiger charge is -2.33. The van der Waals surface area contributed by atoms with Gasteiger partial charge in [0.15, 0.2) is 0 Å². The van der Waals surface area contributed by atoms with Gasteiger partial charge in [-0.25, -0.2) is 0 Å². The molecule has 80 valence electrons. The molecule has 0 aliphatic heterocycles. The van der Waals surface area contributed by atoms with Gasteiger partial charge in [0.05, 0.1) is 6.10 Å². The third-order valence-corrected chi connectivity index (χ3v) is 3.43. The molecule has 0 saturated heterocycles. The van der Waals surface area contributed by atoms with E-state index < -0.39 is 0 Å². The quantitative estimate of drug-likeness (QED) is 0.555. The number of rotatable bonds is 3. The number of aliphatic hydroxyl groups excluding tert-OH is 1. The fraction of sp³-hybridized carbons (Fsp3) is 0.750. The standard InChI is InChI=1S/C12H20O2/c1-9(4-3-7-13)11-6-5-10(2)12(14)8-11/h3-4,7,9-12,14H,5-6,8H2,1-2H3/b4-3+/t9?,10-,11-,12+/m0/s1. The lowest BCUT2D eigenvalue weighted by Crippen LogP contribution is -2.29. The molecule has 0 aromatic heterocycles. The number of hydrogen-bond acceptors (Lipinski definition) is 2. The topological polar surface area (TPSA) is 37.3 Å². The Labute approximate surface area is 86.0 Å². The van der Waals surface area contributed by atoms with Crippen LogP contribution >= 0.6 is 0 Å². The fourth-order valence-electron chi connectivity index (χ4n) is 2.18. The zero-order valence-corrected chi connectivity index (χ0v) is 9.02. The molecule has 1 fully saturated rings. The van der Waals surface area contributed by atoms with Gasteiger partial charge < -0.3 is 5.11 Å². The first-order valence-electron chi connectivity index (χ1n) is 5.45. The van der Waals surface area contributed by atoms with Crippen LogP contribution in [0, 0.1) is 17.8 Å². The van der Waals surface area contributed by atoms with Gasteiger partial charge in [0.25, 0.3) is 0 Å². The first-order chi connectivity index (χ1) is 6.65. The fourth-order valence-corrected chi connectivity index (χ4v) is 2.18. The second kappa shape index (κ2) is 5.30. The van der Waals surface area contributed by atoms with Gasteiger partial charge in [-0.05, 0) is 43.1 Å². The minimum atomic E-state index is -0.152. The van der Waals surface area contributed by atoms with E-state index in [1.807, 2.05) is 6.08 Å². The van der Waals surface area contributed by atoms with Crippen LogP contribution in [0.25, 0.3) is 0 Å². The number of carbonyl (C=O) groups is 1. The molecule has 1 rings (SSSR count). The van der Waals surface area contributed by atoms with Crippen LogP contribution in [0.4, 0.5) is 0 Å². The molecule has 1 N–H and O–H groups in total. The van der Waals surface area contributed by atoms with Gasteiger partial charge in [0.1, 0.15) is 6.29 Å². The number of hydrogen-bond donors (Lipinski definition) is 1. The van der Waals surface area contributed by atoms with E-state index in [-0.39, 0.29) is 6.10 Å². The Morgan fingerprint density at radius 3 is 2.71 bits per heavy atom. The minimum Gasteiger partial charge on any atom is -0.393 e. The highest BCUT2D eigenvalue weighted by Gasteiger charge is 2.28. The van der Waals surface area contributed by atoms with Gasteiger partial charge in [0.2, 0.25) is 0 Å². The van der Waals surface area contributed by atoms with Gasteiger partial charge in [-0.15, -0.1) is 0 Å². The van der Waals surface area contributed by atoms with Crippen molar-refractivity contribution in [2.75, 3.05) is 0 Å². The summed E-state index contributed by atoms with van der Waals surface area (Å²) in [5.74, 6) is 1.38. The molecule has 14 heavy (non-hydrogen) atoms. The van der Waals surface area contributed by atoms with Crippen LogP contribution in [0.3, 0.4) is 0 Å². The highest BCUT2D eigenvalue weighted by atomic mass is 16.3. The molecular formula is C12H20O2. The maximum Gasteiger partial charge on any atom is 0.142 e. The van der Waals surface area contributed by atoms with Gasteiger partial charge in [-0.3, -0.25) is 4.79 Å². The molecule has 0 bridgehead atoms. The molecule has 0 aromatic rings. The van der Waals surface area contributed by atoms with Gasteiger partial charge in [0, 0.05) is 0 Å². The molecule has 0 heterocycles. The van der Waals surface area contributed by atoms with Gasteiger partial charge in [-0.2, -0.15) is 0 Å². The molecular weight excluding hydrogens is 176 g/mol. The van der Waals surface area contributed by atoms with Crippen molar-refractivity contribution in [3.8, 4) is 0 Å². The largest absolute Gasteiger partial charge is 0.393 e. The first-order valence-corrected chi connectivity index (χ1v) is 5.45. The summed E-state index contributed by atoms with van der Waals surface area (Å²) in [5, 5.41) is 9.73. The maximum atomic E-state index is 10.2. The predicted octanol–water partition coefficient (Wildman–Crippen LogP) is 2.17. The summed E-state index contributed by atoms with van der Waals surface area (Å²) < 4.78 is 0. The summed E-state index contributed by atoms with van der Waals surface area (Å²) in [6, 6.07) is 0. The van der Waals surface area contributed by atoms with Crippen LogP contribution in [0.2, 0.25) is 0 Å². The summed E-state index contributed by atoms with van der Waals surface area (Å²) in [6.45, 7) is 4.22. The van der Waals surface area contributed by atoms with Crippen LogP contribution in [-0.2, 0) is 4.79 Å². The molecule has 0 radical (unpaired) electrons. The normalized spacial score (nSPS) is 35.8. The molecule has 1 aliphatic carbocycles. The van der Waals surface area contributed by atoms with E-state index in [1.165, 1.54) is 6.42 Å². The average Bonchev–Trinajstić information content (AvgIpc) is 2.18. The van der Waals surface area contributed by atoms with Crippen molar-refractivity contribution in [2.24, 2.45) is 17.8 Å². The third-order valence-electron chi connectivity index (χ3n) is 3.43. The van der Waals surface area contributed by atoms with Crippen molar-refractivity contribution < 1.29 is 9.90 Å². The number of carbonyl (C=O) groups excluding carboxylic acids is 1. The Hall–Kier alpha value is -0.630. The van der Waals surface area contributed by atoms with Crippen LogP contribution in [0.1, 0.15) is 33.1 Å². The monoisotopic (exact) mass is 196 g/mol.